The van der Waals surface area contributed by atoms with Gasteiger partial charge in [-0.05, 0) is 48.9 Å². The molecule has 0 bridgehead atoms. The zero-order chi connectivity index (χ0) is 21.3. The SMILES string of the molecule is C[C@@H](Nc1c(Nc2ccc(O)c(-c3ncccn3)c2)c(=O)c1=O)c1cccc(O)c1. The fraction of sp³-hybridized carbons (Fsp3) is 0.0909. The molecule has 0 aliphatic rings. The Morgan fingerprint density at radius 1 is 0.900 bits per heavy atom. The third kappa shape index (κ3) is 3.58. The van der Waals surface area contributed by atoms with Crippen molar-refractivity contribution in [2.24, 2.45) is 0 Å². The Morgan fingerprint density at radius 3 is 2.37 bits per heavy atom. The van der Waals surface area contributed by atoms with Crippen molar-refractivity contribution in [3.8, 4) is 22.9 Å². The zero-order valence-corrected chi connectivity index (χ0v) is 16.0. The molecule has 0 unspecified atom stereocenters. The number of phenolic OH excluding ortho intramolecular Hbond substituents is 2. The van der Waals surface area contributed by atoms with Crippen LogP contribution in [0.25, 0.3) is 11.4 Å². The molecule has 0 aliphatic carbocycles. The lowest BCUT2D eigenvalue weighted by atomic mass is 10.1. The van der Waals surface area contributed by atoms with E-state index in [0.29, 0.717) is 17.1 Å². The molecule has 0 radical (unpaired) electrons. The quantitative estimate of drug-likeness (QED) is 0.286. The number of hydrogen-bond donors (Lipinski definition) is 4. The van der Waals surface area contributed by atoms with E-state index in [4.69, 9.17) is 0 Å². The maximum absolute atomic E-state index is 12.1. The predicted octanol–water partition coefficient (Wildman–Crippen LogP) is 3.07. The molecule has 1 atom stereocenters. The van der Waals surface area contributed by atoms with Crippen LogP contribution in [0.5, 0.6) is 11.5 Å². The maximum Gasteiger partial charge on any atom is 0.253 e. The second-order valence-corrected chi connectivity index (χ2v) is 6.80. The van der Waals surface area contributed by atoms with Gasteiger partial charge < -0.3 is 20.8 Å². The maximum atomic E-state index is 12.1. The number of nitrogens with zero attached hydrogens (tertiary/aromatic N) is 2. The number of rotatable bonds is 6. The minimum absolute atomic E-state index is 0.00685. The van der Waals surface area contributed by atoms with Crippen molar-refractivity contribution in [3.63, 3.8) is 0 Å². The molecule has 3 aromatic carbocycles. The van der Waals surface area contributed by atoms with E-state index in [9.17, 15) is 19.8 Å². The zero-order valence-electron chi connectivity index (χ0n) is 16.0. The standard InChI is InChI=1S/C22H18N4O4/c1-12(13-4-2-5-15(27)10-13)25-18-19(21(30)20(18)29)26-14-6-7-17(28)16(11-14)22-23-8-3-9-24-22/h2-12,25-28H,1H3/t12-/m1/s1. The third-order valence-corrected chi connectivity index (χ3v) is 4.71. The summed E-state index contributed by atoms with van der Waals surface area (Å²) in [5.74, 6) is 0.441. The summed E-state index contributed by atoms with van der Waals surface area (Å²) in [5.41, 5.74) is 0.708. The van der Waals surface area contributed by atoms with E-state index in [2.05, 4.69) is 20.6 Å². The highest BCUT2D eigenvalue weighted by Gasteiger charge is 2.23. The van der Waals surface area contributed by atoms with Crippen molar-refractivity contribution < 1.29 is 10.2 Å². The van der Waals surface area contributed by atoms with Crippen molar-refractivity contribution in [3.05, 3.63) is 86.9 Å². The summed E-state index contributed by atoms with van der Waals surface area (Å²) in [7, 11) is 0. The van der Waals surface area contributed by atoms with Gasteiger partial charge in [-0.3, -0.25) is 9.59 Å². The van der Waals surface area contributed by atoms with E-state index < -0.39 is 10.9 Å². The second-order valence-electron chi connectivity index (χ2n) is 6.80. The number of nitrogens with one attached hydrogen (secondary N) is 2. The lowest BCUT2D eigenvalue weighted by molar-refractivity contribution is 0.474. The Balaban J connectivity index is 1.60. The van der Waals surface area contributed by atoms with Gasteiger partial charge in [0.15, 0.2) is 5.82 Å². The number of aromatic hydroxyl groups is 2. The van der Waals surface area contributed by atoms with Crippen LogP contribution in [0.15, 0.2) is 70.5 Å². The van der Waals surface area contributed by atoms with Crippen LogP contribution in [0, 0.1) is 0 Å². The van der Waals surface area contributed by atoms with Crippen LogP contribution < -0.4 is 21.5 Å². The second kappa shape index (κ2) is 7.67. The lowest BCUT2D eigenvalue weighted by Gasteiger charge is -2.20. The van der Waals surface area contributed by atoms with Crippen molar-refractivity contribution in [1.29, 1.82) is 0 Å². The molecule has 4 N–H and O–H groups in total. The number of phenols is 2. The van der Waals surface area contributed by atoms with Crippen LogP contribution in [0.2, 0.25) is 0 Å². The first-order chi connectivity index (χ1) is 14.4. The average Bonchev–Trinajstić information content (AvgIpc) is 2.77. The highest BCUT2D eigenvalue weighted by atomic mass is 16.3. The van der Waals surface area contributed by atoms with Crippen molar-refractivity contribution in [1.82, 2.24) is 9.97 Å². The third-order valence-electron chi connectivity index (χ3n) is 4.71. The molecule has 4 rings (SSSR count). The van der Waals surface area contributed by atoms with Gasteiger partial charge in [0, 0.05) is 24.1 Å². The van der Waals surface area contributed by atoms with E-state index in [0.717, 1.165) is 5.56 Å². The summed E-state index contributed by atoms with van der Waals surface area (Å²) in [5, 5.41) is 25.8. The summed E-state index contributed by atoms with van der Waals surface area (Å²) in [6.45, 7) is 1.82. The molecular formula is C22H18N4O4. The van der Waals surface area contributed by atoms with Crippen LogP contribution >= 0.6 is 0 Å². The minimum atomic E-state index is -0.633. The van der Waals surface area contributed by atoms with E-state index in [1.165, 1.54) is 6.07 Å². The molecule has 0 spiro atoms. The molecule has 0 amide bonds. The molecule has 0 saturated carbocycles. The van der Waals surface area contributed by atoms with Crippen LogP contribution in [-0.2, 0) is 0 Å². The Hall–Kier alpha value is -4.20. The molecule has 30 heavy (non-hydrogen) atoms. The van der Waals surface area contributed by atoms with Gasteiger partial charge in [0.1, 0.15) is 22.9 Å². The fourth-order valence-corrected chi connectivity index (χ4v) is 3.12. The van der Waals surface area contributed by atoms with Crippen molar-refractivity contribution in [2.75, 3.05) is 10.6 Å². The highest BCUT2D eigenvalue weighted by Crippen LogP contribution is 2.32. The molecule has 0 fully saturated rings. The number of benzene rings is 2. The van der Waals surface area contributed by atoms with E-state index in [1.54, 1.807) is 48.8 Å². The molecule has 150 valence electrons. The van der Waals surface area contributed by atoms with Gasteiger partial charge in [0.05, 0.1) is 5.56 Å². The smallest absolute Gasteiger partial charge is 0.253 e. The van der Waals surface area contributed by atoms with Crippen LogP contribution in [0.3, 0.4) is 0 Å². The Kier molecular flexibility index (Phi) is 4.89. The molecule has 0 aliphatic heterocycles. The normalized spacial score (nSPS) is 11.9. The van der Waals surface area contributed by atoms with Gasteiger partial charge in [-0.2, -0.15) is 0 Å². The molecule has 0 saturated heterocycles. The average molecular weight is 402 g/mol. The summed E-state index contributed by atoms with van der Waals surface area (Å²) >= 11 is 0. The number of hydrogen-bond acceptors (Lipinski definition) is 8. The van der Waals surface area contributed by atoms with Crippen molar-refractivity contribution in [2.45, 2.75) is 13.0 Å². The van der Waals surface area contributed by atoms with Crippen molar-refractivity contribution >= 4 is 17.1 Å². The minimum Gasteiger partial charge on any atom is -0.508 e. The van der Waals surface area contributed by atoms with E-state index >= 15 is 0 Å². The summed E-state index contributed by atoms with van der Waals surface area (Å²) in [6, 6.07) is 12.6. The molecule has 8 heteroatoms. The van der Waals surface area contributed by atoms with Crippen LogP contribution in [0.1, 0.15) is 18.5 Å². The topological polar surface area (TPSA) is 124 Å². The largest absolute Gasteiger partial charge is 0.508 e. The lowest BCUT2D eigenvalue weighted by Crippen LogP contribution is -2.37. The van der Waals surface area contributed by atoms with Gasteiger partial charge >= 0.3 is 0 Å². The summed E-state index contributed by atoms with van der Waals surface area (Å²) in [6.07, 6.45) is 3.12. The molecule has 1 heterocycles. The molecule has 4 aromatic rings. The number of aromatic nitrogens is 2. The molecule has 1 aromatic heterocycles. The Morgan fingerprint density at radius 2 is 1.63 bits per heavy atom. The first kappa shape index (κ1) is 19.1. The summed E-state index contributed by atoms with van der Waals surface area (Å²) < 4.78 is 0. The Labute approximate surface area is 171 Å². The highest BCUT2D eigenvalue weighted by molar-refractivity contribution is 5.81. The van der Waals surface area contributed by atoms with Gasteiger partial charge in [-0.25, -0.2) is 9.97 Å². The predicted molar refractivity (Wildman–Crippen MR) is 114 cm³/mol. The van der Waals surface area contributed by atoms with Gasteiger partial charge in [-0.1, -0.05) is 12.1 Å². The van der Waals surface area contributed by atoms with Crippen LogP contribution in [0.4, 0.5) is 17.1 Å². The van der Waals surface area contributed by atoms with E-state index in [-0.39, 0.29) is 28.9 Å². The Bertz CT molecular complexity index is 1280. The van der Waals surface area contributed by atoms with E-state index in [1.807, 2.05) is 13.0 Å². The first-order valence-electron chi connectivity index (χ1n) is 9.20. The first-order valence-corrected chi connectivity index (χ1v) is 9.20. The monoisotopic (exact) mass is 402 g/mol. The summed E-state index contributed by atoms with van der Waals surface area (Å²) in [4.78, 5) is 32.5. The van der Waals surface area contributed by atoms with Gasteiger partial charge in [-0.15, -0.1) is 0 Å². The fourth-order valence-electron chi connectivity index (χ4n) is 3.12. The molecule has 8 nitrogen and oxygen atoms in total. The number of anilines is 3. The molecular weight excluding hydrogens is 384 g/mol. The van der Waals surface area contributed by atoms with Crippen LogP contribution in [-0.4, -0.2) is 20.2 Å². The van der Waals surface area contributed by atoms with Gasteiger partial charge in [0.25, 0.3) is 10.9 Å². The van der Waals surface area contributed by atoms with Gasteiger partial charge in [0.2, 0.25) is 0 Å².